The molecule has 0 amide bonds. The first kappa shape index (κ1) is 16.5. The summed E-state index contributed by atoms with van der Waals surface area (Å²) in [5.41, 5.74) is 1.06. The van der Waals surface area contributed by atoms with Crippen molar-refractivity contribution in [1.82, 2.24) is 20.2 Å². The molecule has 6 nitrogen and oxygen atoms in total. The second-order valence-electron chi connectivity index (χ2n) is 6.80. The lowest BCUT2D eigenvalue weighted by Crippen LogP contribution is -2.47. The lowest BCUT2D eigenvalue weighted by atomic mass is 9.87. The first-order valence-corrected chi connectivity index (χ1v) is 9.49. The van der Waals surface area contributed by atoms with E-state index in [2.05, 4.69) is 30.0 Å². The standard InChI is InChI=1S/C18H23ClN6/c19-15-13-16(14-5-2-1-3-6-14)22-23-17(15)24-9-11-25(12-10-24)18-20-7-4-8-21-18/h4,7-8,13-14H,1-3,5-6,9-12H2. The summed E-state index contributed by atoms with van der Waals surface area (Å²) in [7, 11) is 0. The van der Waals surface area contributed by atoms with Crippen LogP contribution in [0.25, 0.3) is 0 Å². The number of nitrogens with zero attached hydrogens (tertiary/aromatic N) is 6. The smallest absolute Gasteiger partial charge is 0.225 e. The second-order valence-corrected chi connectivity index (χ2v) is 7.21. The topological polar surface area (TPSA) is 58.0 Å². The molecular weight excluding hydrogens is 336 g/mol. The third kappa shape index (κ3) is 3.68. The van der Waals surface area contributed by atoms with Crippen LogP contribution in [0, 0.1) is 0 Å². The highest BCUT2D eigenvalue weighted by Crippen LogP contribution is 2.34. The normalized spacial score (nSPS) is 19.2. The molecule has 0 bridgehead atoms. The molecule has 4 rings (SSSR count). The van der Waals surface area contributed by atoms with Crippen LogP contribution < -0.4 is 9.80 Å². The van der Waals surface area contributed by atoms with Crippen molar-refractivity contribution >= 4 is 23.4 Å². The number of hydrogen-bond acceptors (Lipinski definition) is 6. The van der Waals surface area contributed by atoms with Crippen molar-refractivity contribution in [2.45, 2.75) is 38.0 Å². The van der Waals surface area contributed by atoms with E-state index in [1.807, 2.05) is 12.1 Å². The van der Waals surface area contributed by atoms with Gasteiger partial charge in [0.05, 0.1) is 10.7 Å². The second kappa shape index (κ2) is 7.52. The molecule has 2 aromatic heterocycles. The summed E-state index contributed by atoms with van der Waals surface area (Å²) in [5.74, 6) is 2.11. The van der Waals surface area contributed by atoms with Crippen LogP contribution in [0.1, 0.15) is 43.7 Å². The van der Waals surface area contributed by atoms with Crippen molar-refractivity contribution in [3.05, 3.63) is 35.2 Å². The van der Waals surface area contributed by atoms with Crippen molar-refractivity contribution in [2.75, 3.05) is 36.0 Å². The Kier molecular flexibility index (Phi) is 4.97. The highest BCUT2D eigenvalue weighted by molar-refractivity contribution is 6.33. The molecule has 2 aliphatic rings. The van der Waals surface area contributed by atoms with Gasteiger partial charge >= 0.3 is 0 Å². The first-order valence-electron chi connectivity index (χ1n) is 9.11. The zero-order valence-corrected chi connectivity index (χ0v) is 15.1. The van der Waals surface area contributed by atoms with Gasteiger partial charge < -0.3 is 9.80 Å². The van der Waals surface area contributed by atoms with Gasteiger partial charge in [-0.25, -0.2) is 9.97 Å². The molecule has 132 valence electrons. The van der Waals surface area contributed by atoms with Crippen molar-refractivity contribution in [3.63, 3.8) is 0 Å². The third-order valence-electron chi connectivity index (χ3n) is 5.19. The summed E-state index contributed by atoms with van der Waals surface area (Å²) in [5, 5.41) is 9.69. The van der Waals surface area contributed by atoms with Gasteiger partial charge in [-0.05, 0) is 25.0 Å². The minimum atomic E-state index is 0.528. The van der Waals surface area contributed by atoms with Crippen LogP contribution in [0.3, 0.4) is 0 Å². The third-order valence-corrected chi connectivity index (χ3v) is 5.46. The van der Waals surface area contributed by atoms with E-state index >= 15 is 0 Å². The molecule has 0 unspecified atom stereocenters. The highest BCUT2D eigenvalue weighted by Gasteiger charge is 2.24. The highest BCUT2D eigenvalue weighted by atomic mass is 35.5. The van der Waals surface area contributed by atoms with E-state index in [1.165, 1.54) is 32.1 Å². The summed E-state index contributed by atoms with van der Waals surface area (Å²) in [6, 6.07) is 3.87. The lowest BCUT2D eigenvalue weighted by Gasteiger charge is -2.35. The van der Waals surface area contributed by atoms with Gasteiger partial charge in [0.25, 0.3) is 0 Å². The molecule has 0 atom stereocenters. The van der Waals surface area contributed by atoms with Crippen molar-refractivity contribution in [2.24, 2.45) is 0 Å². The monoisotopic (exact) mass is 358 g/mol. The van der Waals surface area contributed by atoms with Gasteiger partial charge in [-0.1, -0.05) is 30.9 Å². The largest absolute Gasteiger partial charge is 0.350 e. The fourth-order valence-corrected chi connectivity index (χ4v) is 4.03. The molecule has 0 radical (unpaired) electrons. The van der Waals surface area contributed by atoms with Crippen LogP contribution in [-0.2, 0) is 0 Å². The number of rotatable bonds is 3. The number of piperazine rings is 1. The van der Waals surface area contributed by atoms with Gasteiger partial charge in [0.1, 0.15) is 0 Å². The fraction of sp³-hybridized carbons (Fsp3) is 0.556. The molecular formula is C18H23ClN6. The molecule has 0 N–H and O–H groups in total. The summed E-state index contributed by atoms with van der Waals surface area (Å²) in [6.07, 6.45) is 9.89. The Bertz CT molecular complexity index is 696. The van der Waals surface area contributed by atoms with Gasteiger partial charge in [0.15, 0.2) is 5.82 Å². The molecule has 2 fully saturated rings. The molecule has 1 aliphatic carbocycles. The zero-order valence-electron chi connectivity index (χ0n) is 14.3. The summed E-state index contributed by atoms with van der Waals surface area (Å²) < 4.78 is 0. The Morgan fingerprint density at radius 2 is 1.56 bits per heavy atom. The van der Waals surface area contributed by atoms with Gasteiger partial charge in [-0.15, -0.1) is 5.10 Å². The van der Waals surface area contributed by atoms with E-state index in [0.29, 0.717) is 5.92 Å². The summed E-state index contributed by atoms with van der Waals surface area (Å²) >= 11 is 6.55. The maximum atomic E-state index is 6.55. The van der Waals surface area contributed by atoms with Crippen LogP contribution in [0.15, 0.2) is 24.5 Å². The zero-order chi connectivity index (χ0) is 17.1. The Labute approximate surface area is 153 Å². The van der Waals surface area contributed by atoms with Crippen LogP contribution in [0.4, 0.5) is 11.8 Å². The van der Waals surface area contributed by atoms with E-state index in [9.17, 15) is 0 Å². The molecule has 2 aromatic rings. The average molecular weight is 359 g/mol. The van der Waals surface area contributed by atoms with Gasteiger partial charge in [0, 0.05) is 44.5 Å². The molecule has 25 heavy (non-hydrogen) atoms. The SMILES string of the molecule is Clc1cc(C2CCCCC2)nnc1N1CCN(c2ncccn2)CC1. The number of anilines is 2. The summed E-state index contributed by atoms with van der Waals surface area (Å²) in [4.78, 5) is 13.0. The van der Waals surface area contributed by atoms with E-state index in [-0.39, 0.29) is 0 Å². The maximum Gasteiger partial charge on any atom is 0.225 e. The van der Waals surface area contributed by atoms with Crippen LogP contribution in [-0.4, -0.2) is 46.3 Å². The van der Waals surface area contributed by atoms with Gasteiger partial charge in [0.2, 0.25) is 5.95 Å². The van der Waals surface area contributed by atoms with Crippen LogP contribution in [0.2, 0.25) is 5.02 Å². The van der Waals surface area contributed by atoms with E-state index in [4.69, 9.17) is 11.6 Å². The molecule has 1 saturated carbocycles. The molecule has 1 aliphatic heterocycles. The molecule has 0 spiro atoms. The van der Waals surface area contributed by atoms with E-state index in [1.54, 1.807) is 12.4 Å². The minimum Gasteiger partial charge on any atom is -0.350 e. The van der Waals surface area contributed by atoms with Crippen molar-refractivity contribution in [1.29, 1.82) is 0 Å². The average Bonchev–Trinajstić information content (AvgIpc) is 2.69. The minimum absolute atomic E-state index is 0.528. The molecule has 1 saturated heterocycles. The Balaban J connectivity index is 1.42. The number of aromatic nitrogens is 4. The fourth-order valence-electron chi connectivity index (χ4n) is 3.76. The Morgan fingerprint density at radius 1 is 0.880 bits per heavy atom. The predicted molar refractivity (Wildman–Crippen MR) is 99.3 cm³/mol. The van der Waals surface area contributed by atoms with Crippen LogP contribution in [0.5, 0.6) is 0 Å². The molecule has 0 aromatic carbocycles. The number of hydrogen-bond donors (Lipinski definition) is 0. The van der Waals surface area contributed by atoms with E-state index < -0.39 is 0 Å². The predicted octanol–water partition coefficient (Wildman–Crippen LogP) is 3.29. The Hall–Kier alpha value is -1.95. The number of halogens is 1. The Morgan fingerprint density at radius 3 is 2.24 bits per heavy atom. The lowest BCUT2D eigenvalue weighted by molar-refractivity contribution is 0.434. The van der Waals surface area contributed by atoms with Gasteiger partial charge in [-0.3, -0.25) is 0 Å². The molecule has 7 heteroatoms. The van der Waals surface area contributed by atoms with Gasteiger partial charge in [-0.2, -0.15) is 5.10 Å². The maximum absolute atomic E-state index is 6.55. The molecule has 3 heterocycles. The quantitative estimate of drug-likeness (QED) is 0.839. The summed E-state index contributed by atoms with van der Waals surface area (Å²) in [6.45, 7) is 3.39. The van der Waals surface area contributed by atoms with Crippen molar-refractivity contribution in [3.8, 4) is 0 Å². The van der Waals surface area contributed by atoms with E-state index in [0.717, 1.165) is 48.7 Å². The first-order chi connectivity index (χ1) is 12.3. The van der Waals surface area contributed by atoms with Crippen LogP contribution >= 0.6 is 11.6 Å². The van der Waals surface area contributed by atoms with Crippen molar-refractivity contribution < 1.29 is 0 Å².